The van der Waals surface area contributed by atoms with E-state index >= 15 is 0 Å². The van der Waals surface area contributed by atoms with Crippen molar-refractivity contribution < 1.29 is 9.53 Å². The van der Waals surface area contributed by atoms with E-state index in [1.807, 2.05) is 13.8 Å². The van der Waals surface area contributed by atoms with Crippen LogP contribution >= 0.6 is 0 Å². The highest BCUT2D eigenvalue weighted by Crippen LogP contribution is 2.42. The van der Waals surface area contributed by atoms with Gasteiger partial charge in [-0.2, -0.15) is 0 Å². The second-order valence-electron chi connectivity index (χ2n) is 7.53. The van der Waals surface area contributed by atoms with Crippen molar-refractivity contribution in [2.75, 3.05) is 0 Å². The first-order chi connectivity index (χ1) is 9.91. The summed E-state index contributed by atoms with van der Waals surface area (Å²) >= 11 is 0. The topological polar surface area (TPSA) is 26.3 Å². The fraction of sp³-hybridized carbons (Fsp3) is 0.947. The molecule has 0 saturated heterocycles. The van der Waals surface area contributed by atoms with E-state index in [4.69, 9.17) is 4.74 Å². The first-order valence-electron chi connectivity index (χ1n) is 9.15. The van der Waals surface area contributed by atoms with Crippen LogP contribution in [-0.2, 0) is 9.53 Å². The molecule has 124 valence electrons. The summed E-state index contributed by atoms with van der Waals surface area (Å²) in [6, 6.07) is 0. The normalized spacial score (nSPS) is 17.8. The Morgan fingerprint density at radius 3 is 1.95 bits per heavy atom. The van der Waals surface area contributed by atoms with Gasteiger partial charge in [0.2, 0.25) is 0 Å². The van der Waals surface area contributed by atoms with Crippen LogP contribution in [0.15, 0.2) is 0 Å². The van der Waals surface area contributed by atoms with Gasteiger partial charge in [-0.05, 0) is 51.9 Å². The molecule has 0 bridgehead atoms. The molecule has 0 heterocycles. The molecule has 1 rings (SSSR count). The van der Waals surface area contributed by atoms with Crippen LogP contribution in [0.25, 0.3) is 0 Å². The Kier molecular flexibility index (Phi) is 7.23. The van der Waals surface area contributed by atoms with Gasteiger partial charge in [0.15, 0.2) is 0 Å². The van der Waals surface area contributed by atoms with Crippen LogP contribution in [0.4, 0.5) is 0 Å². The van der Waals surface area contributed by atoms with Gasteiger partial charge in [-0.1, -0.05) is 52.9 Å². The molecule has 0 aromatic heterocycles. The van der Waals surface area contributed by atoms with E-state index < -0.39 is 0 Å². The first kappa shape index (κ1) is 18.5. The predicted molar refractivity (Wildman–Crippen MR) is 89.3 cm³/mol. The molecule has 1 fully saturated rings. The fourth-order valence-electron chi connectivity index (χ4n) is 3.66. The number of esters is 1. The predicted octanol–water partition coefficient (Wildman–Crippen LogP) is 5.89. The monoisotopic (exact) mass is 296 g/mol. The summed E-state index contributed by atoms with van der Waals surface area (Å²) in [6.45, 7) is 10.5. The molecule has 0 N–H and O–H groups in total. The maximum Gasteiger partial charge on any atom is 0.312 e. The van der Waals surface area contributed by atoms with Gasteiger partial charge in [-0.3, -0.25) is 4.79 Å². The molecule has 0 unspecified atom stereocenters. The van der Waals surface area contributed by atoms with E-state index in [-0.39, 0.29) is 17.0 Å². The van der Waals surface area contributed by atoms with Gasteiger partial charge in [-0.15, -0.1) is 0 Å². The van der Waals surface area contributed by atoms with Crippen LogP contribution < -0.4 is 0 Å². The van der Waals surface area contributed by atoms with Crippen molar-refractivity contribution in [1.29, 1.82) is 0 Å². The lowest BCUT2D eigenvalue weighted by molar-refractivity contribution is -0.181. The van der Waals surface area contributed by atoms with E-state index in [2.05, 4.69) is 20.8 Å². The maximum absolute atomic E-state index is 12.7. The van der Waals surface area contributed by atoms with Crippen molar-refractivity contribution in [2.45, 2.75) is 104 Å². The van der Waals surface area contributed by atoms with Gasteiger partial charge in [-0.25, -0.2) is 0 Å². The van der Waals surface area contributed by atoms with Crippen molar-refractivity contribution in [3.8, 4) is 0 Å². The Bertz CT molecular complexity index is 308. The third-order valence-electron chi connectivity index (χ3n) is 5.43. The molecule has 0 amide bonds. The van der Waals surface area contributed by atoms with Crippen LogP contribution in [0, 0.1) is 11.3 Å². The van der Waals surface area contributed by atoms with Crippen molar-refractivity contribution in [3.05, 3.63) is 0 Å². The lowest BCUT2D eigenvalue weighted by Crippen LogP contribution is -2.46. The molecule has 1 saturated carbocycles. The summed E-state index contributed by atoms with van der Waals surface area (Å²) < 4.78 is 6.28. The third-order valence-corrected chi connectivity index (χ3v) is 5.43. The Balaban J connectivity index is 2.95. The quantitative estimate of drug-likeness (QED) is 0.522. The molecule has 2 heteroatoms. The summed E-state index contributed by atoms with van der Waals surface area (Å²) in [5, 5.41) is 0. The van der Waals surface area contributed by atoms with Crippen molar-refractivity contribution in [1.82, 2.24) is 0 Å². The molecule has 0 aliphatic heterocycles. The molecule has 0 spiro atoms. The Hall–Kier alpha value is -0.530. The Labute approximate surface area is 132 Å². The summed E-state index contributed by atoms with van der Waals surface area (Å²) in [5.74, 6) is 0.584. The SMILES string of the molecule is CCCC(CCC)(OC(=O)C(C)(C)CC)C1CCCCC1. The minimum Gasteiger partial charge on any atom is -0.458 e. The summed E-state index contributed by atoms with van der Waals surface area (Å²) in [5.41, 5.74) is -0.561. The molecule has 0 atom stereocenters. The van der Waals surface area contributed by atoms with Crippen LogP contribution in [-0.4, -0.2) is 11.6 Å². The number of ether oxygens (including phenoxy) is 1. The highest BCUT2D eigenvalue weighted by molar-refractivity contribution is 5.76. The smallest absolute Gasteiger partial charge is 0.312 e. The number of hydrogen-bond acceptors (Lipinski definition) is 2. The zero-order valence-corrected chi connectivity index (χ0v) is 15.0. The van der Waals surface area contributed by atoms with Crippen LogP contribution in [0.2, 0.25) is 0 Å². The Morgan fingerprint density at radius 1 is 1.00 bits per heavy atom. The van der Waals surface area contributed by atoms with E-state index in [0.29, 0.717) is 5.92 Å². The highest BCUT2D eigenvalue weighted by atomic mass is 16.6. The first-order valence-corrected chi connectivity index (χ1v) is 9.15. The zero-order chi connectivity index (χ0) is 15.9. The van der Waals surface area contributed by atoms with Crippen molar-refractivity contribution in [3.63, 3.8) is 0 Å². The van der Waals surface area contributed by atoms with Crippen LogP contribution in [0.5, 0.6) is 0 Å². The van der Waals surface area contributed by atoms with E-state index in [1.54, 1.807) is 0 Å². The molecule has 21 heavy (non-hydrogen) atoms. The minimum absolute atomic E-state index is 0.0115. The molecule has 1 aliphatic carbocycles. The van der Waals surface area contributed by atoms with Crippen molar-refractivity contribution in [2.24, 2.45) is 11.3 Å². The van der Waals surface area contributed by atoms with Gasteiger partial charge < -0.3 is 4.74 Å². The molecule has 1 aliphatic rings. The third kappa shape index (κ3) is 4.72. The molecular formula is C19H36O2. The Morgan fingerprint density at radius 2 is 1.52 bits per heavy atom. The molecule has 0 aromatic rings. The van der Waals surface area contributed by atoms with Crippen LogP contribution in [0.3, 0.4) is 0 Å². The largest absolute Gasteiger partial charge is 0.458 e. The molecular weight excluding hydrogens is 260 g/mol. The van der Waals surface area contributed by atoms with Gasteiger partial charge in [0, 0.05) is 0 Å². The van der Waals surface area contributed by atoms with E-state index in [1.165, 1.54) is 32.1 Å². The standard InChI is InChI=1S/C19H36O2/c1-6-14-19(15-7-2,16-12-10-9-11-13-16)21-17(20)18(4,5)8-3/h16H,6-15H2,1-5H3. The van der Waals surface area contributed by atoms with Gasteiger partial charge in [0.05, 0.1) is 5.41 Å². The second kappa shape index (κ2) is 8.19. The van der Waals surface area contributed by atoms with Crippen molar-refractivity contribution >= 4 is 5.97 Å². The molecule has 0 aromatic carbocycles. The summed E-state index contributed by atoms with van der Waals surface area (Å²) in [6.07, 6.45) is 11.5. The highest BCUT2D eigenvalue weighted by Gasteiger charge is 2.43. The summed E-state index contributed by atoms with van der Waals surface area (Å²) in [4.78, 5) is 12.7. The van der Waals surface area contributed by atoms with E-state index in [0.717, 1.165) is 32.1 Å². The number of carbonyl (C=O) groups is 1. The lowest BCUT2D eigenvalue weighted by atomic mass is 9.72. The number of rotatable bonds is 8. The van der Waals surface area contributed by atoms with Gasteiger partial charge in [0.1, 0.15) is 5.60 Å². The van der Waals surface area contributed by atoms with E-state index in [9.17, 15) is 4.79 Å². The van der Waals surface area contributed by atoms with Gasteiger partial charge in [0.25, 0.3) is 0 Å². The number of hydrogen-bond donors (Lipinski definition) is 0. The minimum atomic E-state index is -0.360. The van der Waals surface area contributed by atoms with Crippen LogP contribution in [0.1, 0.15) is 98.8 Å². The number of carbonyl (C=O) groups excluding carboxylic acids is 1. The molecule has 0 radical (unpaired) electrons. The second-order valence-corrected chi connectivity index (χ2v) is 7.53. The lowest BCUT2D eigenvalue weighted by Gasteiger charge is -2.43. The maximum atomic E-state index is 12.7. The summed E-state index contributed by atoms with van der Waals surface area (Å²) in [7, 11) is 0. The average molecular weight is 296 g/mol. The average Bonchev–Trinajstić information content (AvgIpc) is 2.48. The zero-order valence-electron chi connectivity index (χ0n) is 15.0. The fourth-order valence-corrected chi connectivity index (χ4v) is 3.66. The van der Waals surface area contributed by atoms with Gasteiger partial charge >= 0.3 is 5.97 Å². The molecule has 2 nitrogen and oxygen atoms in total.